The van der Waals surface area contributed by atoms with Crippen molar-refractivity contribution in [2.75, 3.05) is 0 Å². The van der Waals surface area contributed by atoms with Crippen LogP contribution in [0.5, 0.6) is 0 Å². The monoisotopic (exact) mass is 320 g/mol. The van der Waals surface area contributed by atoms with Gasteiger partial charge in [-0.05, 0) is 56.3 Å². The van der Waals surface area contributed by atoms with Gasteiger partial charge in [0.1, 0.15) is 5.83 Å². The van der Waals surface area contributed by atoms with Gasteiger partial charge in [-0.2, -0.15) is 13.2 Å². The summed E-state index contributed by atoms with van der Waals surface area (Å²) in [6.07, 6.45) is 6.00. The number of allylic oxidation sites excluding steroid dienone is 2. The fraction of sp³-hybridized carbons (Fsp3) is 0.889. The van der Waals surface area contributed by atoms with E-state index in [1.54, 1.807) is 0 Å². The summed E-state index contributed by atoms with van der Waals surface area (Å²) in [5, 5.41) is 0. The zero-order valence-corrected chi connectivity index (χ0v) is 13.5. The number of hydrogen-bond acceptors (Lipinski definition) is 0. The lowest BCUT2D eigenvalue weighted by Gasteiger charge is -2.37. The molecule has 22 heavy (non-hydrogen) atoms. The molecule has 0 aromatic heterocycles. The summed E-state index contributed by atoms with van der Waals surface area (Å²) < 4.78 is 50.3. The van der Waals surface area contributed by atoms with Crippen LogP contribution in [0, 0.1) is 23.7 Å². The van der Waals surface area contributed by atoms with Gasteiger partial charge in [0.2, 0.25) is 0 Å². The first-order valence-electron chi connectivity index (χ1n) is 8.84. The minimum Gasteiger partial charge on any atom is -0.212 e. The molecule has 128 valence electrons. The van der Waals surface area contributed by atoms with Gasteiger partial charge in [0, 0.05) is 5.92 Å². The molecule has 0 aliphatic heterocycles. The highest BCUT2D eigenvalue weighted by molar-refractivity contribution is 5.03. The standard InChI is InChI=1S/C18H28F4/c1-2-3-13-4-6-14(7-5-13)15-8-10-16(11-9-15)17(19)12-18(20,21)22/h12-16H,2-11H2,1H3/b17-12-. The molecule has 0 saturated heterocycles. The summed E-state index contributed by atoms with van der Waals surface area (Å²) in [6, 6.07) is 0. The molecular formula is C18H28F4. The molecule has 0 atom stereocenters. The Morgan fingerprint density at radius 1 is 0.909 bits per heavy atom. The molecule has 4 heteroatoms. The maximum absolute atomic E-state index is 13.6. The number of rotatable bonds is 4. The molecule has 0 nitrogen and oxygen atoms in total. The predicted molar refractivity (Wildman–Crippen MR) is 81.1 cm³/mol. The minimum absolute atomic E-state index is 0.145. The van der Waals surface area contributed by atoms with Gasteiger partial charge in [0.05, 0.1) is 6.08 Å². The number of hydrogen-bond donors (Lipinski definition) is 0. The van der Waals surface area contributed by atoms with E-state index in [2.05, 4.69) is 6.92 Å². The van der Waals surface area contributed by atoms with Crippen molar-refractivity contribution in [2.45, 2.75) is 77.3 Å². The molecule has 0 radical (unpaired) electrons. The van der Waals surface area contributed by atoms with Gasteiger partial charge in [0.25, 0.3) is 0 Å². The van der Waals surface area contributed by atoms with Crippen LogP contribution < -0.4 is 0 Å². The first kappa shape index (κ1) is 17.8. The first-order valence-corrected chi connectivity index (χ1v) is 8.84. The summed E-state index contributed by atoms with van der Waals surface area (Å²) in [6.45, 7) is 2.23. The quantitative estimate of drug-likeness (QED) is 0.499. The largest absolute Gasteiger partial charge is 0.412 e. The Labute approximate surface area is 131 Å². The molecule has 0 N–H and O–H groups in total. The molecule has 0 aromatic rings. The highest BCUT2D eigenvalue weighted by atomic mass is 19.4. The van der Waals surface area contributed by atoms with Crippen LogP contribution in [0.1, 0.15) is 71.1 Å². The van der Waals surface area contributed by atoms with E-state index < -0.39 is 17.9 Å². The SMILES string of the molecule is CCCC1CCC(C2CCC(/C(F)=C/C(F)(F)F)CC2)CC1. The van der Waals surface area contributed by atoms with E-state index in [1.165, 1.54) is 38.5 Å². The van der Waals surface area contributed by atoms with Gasteiger partial charge in [-0.1, -0.05) is 32.6 Å². The third kappa shape index (κ3) is 5.27. The van der Waals surface area contributed by atoms with E-state index in [0.717, 1.165) is 24.7 Å². The van der Waals surface area contributed by atoms with E-state index in [0.29, 0.717) is 18.8 Å². The Kier molecular flexibility index (Phi) is 6.34. The maximum Gasteiger partial charge on any atom is 0.412 e. The number of alkyl halides is 3. The van der Waals surface area contributed by atoms with E-state index in [4.69, 9.17) is 0 Å². The van der Waals surface area contributed by atoms with Crippen LogP contribution in [-0.4, -0.2) is 6.18 Å². The minimum atomic E-state index is -4.53. The average Bonchev–Trinajstić information content (AvgIpc) is 2.47. The molecule has 2 rings (SSSR count). The van der Waals surface area contributed by atoms with Gasteiger partial charge in [0.15, 0.2) is 0 Å². The average molecular weight is 320 g/mol. The van der Waals surface area contributed by atoms with Gasteiger partial charge < -0.3 is 0 Å². The van der Waals surface area contributed by atoms with E-state index in [-0.39, 0.29) is 6.08 Å². The third-order valence-corrected chi connectivity index (χ3v) is 5.72. The molecule has 0 aromatic carbocycles. The summed E-state index contributed by atoms with van der Waals surface area (Å²) in [7, 11) is 0. The Bertz CT molecular complexity index is 356. The van der Waals surface area contributed by atoms with Crippen LogP contribution in [0.2, 0.25) is 0 Å². The molecule has 2 saturated carbocycles. The fourth-order valence-electron chi connectivity index (χ4n) is 4.50. The third-order valence-electron chi connectivity index (χ3n) is 5.72. The summed E-state index contributed by atoms with van der Waals surface area (Å²) in [4.78, 5) is 0. The zero-order valence-electron chi connectivity index (χ0n) is 13.5. The van der Waals surface area contributed by atoms with Crippen molar-refractivity contribution >= 4 is 0 Å². The predicted octanol–water partition coefficient (Wildman–Crippen LogP) is 6.82. The lowest BCUT2D eigenvalue weighted by Crippen LogP contribution is -2.26. The lowest BCUT2D eigenvalue weighted by molar-refractivity contribution is -0.0821. The van der Waals surface area contributed by atoms with Gasteiger partial charge in [-0.15, -0.1) is 0 Å². The summed E-state index contributed by atoms with van der Waals surface area (Å²) in [5.74, 6) is 0.748. The Hall–Kier alpha value is -0.540. The van der Waals surface area contributed by atoms with Crippen LogP contribution >= 0.6 is 0 Å². The Balaban J connectivity index is 1.77. The van der Waals surface area contributed by atoms with Crippen molar-refractivity contribution in [3.8, 4) is 0 Å². The van der Waals surface area contributed by atoms with Crippen LogP contribution in [0.25, 0.3) is 0 Å². The van der Waals surface area contributed by atoms with Crippen LogP contribution in [0.15, 0.2) is 11.9 Å². The normalized spacial score (nSPS) is 34.7. The van der Waals surface area contributed by atoms with Crippen molar-refractivity contribution in [1.82, 2.24) is 0 Å². The molecule has 2 fully saturated rings. The van der Waals surface area contributed by atoms with Crippen LogP contribution in [0.4, 0.5) is 17.6 Å². The van der Waals surface area contributed by atoms with E-state index in [9.17, 15) is 17.6 Å². The molecule has 0 heterocycles. The zero-order chi connectivity index (χ0) is 16.2. The van der Waals surface area contributed by atoms with Crippen molar-refractivity contribution in [3.05, 3.63) is 11.9 Å². The molecule has 0 bridgehead atoms. The van der Waals surface area contributed by atoms with E-state index >= 15 is 0 Å². The van der Waals surface area contributed by atoms with Crippen LogP contribution in [0.3, 0.4) is 0 Å². The highest BCUT2D eigenvalue weighted by Gasteiger charge is 2.33. The second kappa shape index (κ2) is 7.83. The molecular weight excluding hydrogens is 292 g/mol. The second-order valence-electron chi connectivity index (χ2n) is 7.25. The van der Waals surface area contributed by atoms with Crippen molar-refractivity contribution in [3.63, 3.8) is 0 Å². The smallest absolute Gasteiger partial charge is 0.212 e. The van der Waals surface area contributed by atoms with Gasteiger partial charge in [-0.3, -0.25) is 0 Å². The second-order valence-corrected chi connectivity index (χ2v) is 7.25. The van der Waals surface area contributed by atoms with Crippen molar-refractivity contribution < 1.29 is 17.6 Å². The molecule has 0 amide bonds. The topological polar surface area (TPSA) is 0 Å². The summed E-state index contributed by atoms with van der Waals surface area (Å²) >= 11 is 0. The number of halogens is 4. The first-order chi connectivity index (χ1) is 10.4. The molecule has 0 unspecified atom stereocenters. The Morgan fingerprint density at radius 3 is 1.86 bits per heavy atom. The Morgan fingerprint density at radius 2 is 1.41 bits per heavy atom. The lowest BCUT2D eigenvalue weighted by atomic mass is 9.68. The van der Waals surface area contributed by atoms with Gasteiger partial charge in [-0.25, -0.2) is 4.39 Å². The molecule has 2 aliphatic carbocycles. The van der Waals surface area contributed by atoms with Crippen molar-refractivity contribution in [1.29, 1.82) is 0 Å². The highest BCUT2D eigenvalue weighted by Crippen LogP contribution is 2.44. The summed E-state index contributed by atoms with van der Waals surface area (Å²) in [5.41, 5.74) is 0. The van der Waals surface area contributed by atoms with Crippen molar-refractivity contribution in [2.24, 2.45) is 23.7 Å². The van der Waals surface area contributed by atoms with E-state index in [1.807, 2.05) is 0 Å². The molecule has 2 aliphatic rings. The van der Waals surface area contributed by atoms with Crippen LogP contribution in [-0.2, 0) is 0 Å². The molecule has 0 spiro atoms. The maximum atomic E-state index is 13.6. The fourth-order valence-corrected chi connectivity index (χ4v) is 4.50. The van der Waals surface area contributed by atoms with Gasteiger partial charge >= 0.3 is 6.18 Å².